The van der Waals surface area contributed by atoms with E-state index in [9.17, 15) is 10.1 Å². The van der Waals surface area contributed by atoms with Gasteiger partial charge in [-0.3, -0.25) is 4.79 Å². The second kappa shape index (κ2) is 7.05. The second-order valence-corrected chi connectivity index (χ2v) is 5.76. The first-order valence-electron chi connectivity index (χ1n) is 6.58. The van der Waals surface area contributed by atoms with E-state index in [2.05, 4.69) is 27.3 Å². The first-order chi connectivity index (χ1) is 10.1. The van der Waals surface area contributed by atoms with Gasteiger partial charge in [0.15, 0.2) is 0 Å². The van der Waals surface area contributed by atoms with Gasteiger partial charge in [0.2, 0.25) is 5.91 Å². The molecule has 0 aliphatic rings. The Bertz CT molecular complexity index is 674. The van der Waals surface area contributed by atoms with Crippen LogP contribution in [0.3, 0.4) is 0 Å². The zero-order valence-corrected chi connectivity index (χ0v) is 13.2. The molecule has 2 aromatic rings. The van der Waals surface area contributed by atoms with Gasteiger partial charge in [0.05, 0.1) is 12.5 Å². The summed E-state index contributed by atoms with van der Waals surface area (Å²) in [5.41, 5.74) is 2.86. The van der Waals surface area contributed by atoms with Gasteiger partial charge in [-0.05, 0) is 30.2 Å². The number of hydrogen-bond acceptors (Lipinski definition) is 2. The lowest BCUT2D eigenvalue weighted by Crippen LogP contribution is -2.29. The molecule has 0 radical (unpaired) electrons. The monoisotopic (exact) mass is 342 g/mol. The quantitative estimate of drug-likeness (QED) is 0.921. The Morgan fingerprint density at radius 2 is 2.00 bits per heavy atom. The van der Waals surface area contributed by atoms with Crippen LogP contribution in [0.4, 0.5) is 0 Å². The Kier molecular flexibility index (Phi) is 5.13. The third kappa shape index (κ3) is 4.44. The summed E-state index contributed by atoms with van der Waals surface area (Å²) in [7, 11) is 0. The summed E-state index contributed by atoms with van der Waals surface area (Å²) in [6, 6.07) is 16.7. The van der Waals surface area contributed by atoms with Gasteiger partial charge in [-0.15, -0.1) is 0 Å². The highest BCUT2D eigenvalue weighted by Gasteiger charge is 2.14. The summed E-state index contributed by atoms with van der Waals surface area (Å²) >= 11 is 3.36. The van der Waals surface area contributed by atoms with Crippen molar-refractivity contribution in [3.05, 3.63) is 69.7 Å². The van der Waals surface area contributed by atoms with Crippen molar-refractivity contribution in [3.63, 3.8) is 0 Å². The predicted octanol–water partition coefficient (Wildman–Crippen LogP) is 3.68. The summed E-state index contributed by atoms with van der Waals surface area (Å²) < 4.78 is 0.882. The zero-order chi connectivity index (χ0) is 15.2. The van der Waals surface area contributed by atoms with E-state index in [0.29, 0.717) is 0 Å². The topological polar surface area (TPSA) is 52.9 Å². The number of carbonyl (C=O) groups is 1. The van der Waals surface area contributed by atoms with E-state index < -0.39 is 6.04 Å². The average Bonchev–Trinajstić information content (AvgIpc) is 2.47. The van der Waals surface area contributed by atoms with E-state index in [1.165, 1.54) is 0 Å². The zero-order valence-electron chi connectivity index (χ0n) is 11.6. The van der Waals surface area contributed by atoms with Gasteiger partial charge in [0.1, 0.15) is 6.04 Å². The van der Waals surface area contributed by atoms with Crippen LogP contribution in [0.1, 0.15) is 22.7 Å². The molecule has 2 rings (SSSR count). The number of nitriles is 1. The van der Waals surface area contributed by atoms with Gasteiger partial charge in [0, 0.05) is 4.47 Å². The molecule has 0 aliphatic heterocycles. The summed E-state index contributed by atoms with van der Waals surface area (Å²) in [6.45, 7) is 2.00. The molecule has 1 N–H and O–H groups in total. The number of amides is 1. The molecule has 0 unspecified atom stereocenters. The third-order valence-corrected chi connectivity index (χ3v) is 3.59. The van der Waals surface area contributed by atoms with Crippen molar-refractivity contribution in [3.8, 4) is 6.07 Å². The van der Waals surface area contributed by atoms with Gasteiger partial charge in [-0.1, -0.05) is 57.9 Å². The predicted molar refractivity (Wildman–Crippen MR) is 85.5 cm³/mol. The van der Waals surface area contributed by atoms with Gasteiger partial charge in [-0.25, -0.2) is 0 Å². The lowest BCUT2D eigenvalue weighted by atomic mass is 10.1. The lowest BCUT2D eigenvalue weighted by Gasteiger charge is -2.12. The second-order valence-electron chi connectivity index (χ2n) is 4.85. The van der Waals surface area contributed by atoms with Crippen molar-refractivity contribution >= 4 is 21.8 Å². The number of benzene rings is 2. The maximum atomic E-state index is 12.1. The van der Waals surface area contributed by atoms with Crippen LogP contribution in [0.25, 0.3) is 0 Å². The first kappa shape index (κ1) is 15.3. The molecule has 21 heavy (non-hydrogen) atoms. The average molecular weight is 343 g/mol. The molecule has 0 saturated heterocycles. The number of aryl methyl sites for hydroxylation is 1. The van der Waals surface area contributed by atoms with E-state index in [1.807, 2.05) is 55.5 Å². The molecule has 1 atom stereocenters. The fourth-order valence-electron chi connectivity index (χ4n) is 1.98. The third-order valence-electron chi connectivity index (χ3n) is 3.10. The van der Waals surface area contributed by atoms with E-state index in [4.69, 9.17) is 0 Å². The van der Waals surface area contributed by atoms with Gasteiger partial charge in [-0.2, -0.15) is 5.26 Å². The number of nitrogens with zero attached hydrogens (tertiary/aromatic N) is 1. The molecule has 4 heteroatoms. The van der Waals surface area contributed by atoms with Crippen molar-refractivity contribution in [1.82, 2.24) is 5.32 Å². The fourth-order valence-corrected chi connectivity index (χ4v) is 2.40. The van der Waals surface area contributed by atoms with Crippen LogP contribution in [0.15, 0.2) is 53.0 Å². The van der Waals surface area contributed by atoms with Crippen molar-refractivity contribution in [1.29, 1.82) is 5.26 Å². The van der Waals surface area contributed by atoms with Crippen LogP contribution in [0.5, 0.6) is 0 Å². The standard InChI is InChI=1S/C17H15BrN2O/c1-12-5-7-13(8-6-12)9-17(21)20-16(11-19)14-3-2-4-15(18)10-14/h2-8,10,16H,9H2,1H3,(H,20,21)/t16-/m0/s1. The van der Waals surface area contributed by atoms with Crippen LogP contribution >= 0.6 is 15.9 Å². The van der Waals surface area contributed by atoms with Gasteiger partial charge < -0.3 is 5.32 Å². The van der Waals surface area contributed by atoms with Crippen molar-refractivity contribution in [2.45, 2.75) is 19.4 Å². The van der Waals surface area contributed by atoms with Crippen LogP contribution in [0, 0.1) is 18.3 Å². The summed E-state index contributed by atoms with van der Waals surface area (Å²) in [4.78, 5) is 12.1. The summed E-state index contributed by atoms with van der Waals surface area (Å²) in [5.74, 6) is -0.162. The molecule has 106 valence electrons. The summed E-state index contributed by atoms with van der Waals surface area (Å²) in [6.07, 6.45) is 0.270. The van der Waals surface area contributed by atoms with E-state index in [1.54, 1.807) is 0 Å². The largest absolute Gasteiger partial charge is 0.336 e. The SMILES string of the molecule is Cc1ccc(CC(=O)N[C@@H](C#N)c2cccc(Br)c2)cc1. The van der Waals surface area contributed by atoms with Crippen molar-refractivity contribution in [2.75, 3.05) is 0 Å². The lowest BCUT2D eigenvalue weighted by molar-refractivity contribution is -0.120. The molecule has 0 aliphatic carbocycles. The minimum atomic E-state index is -0.638. The van der Waals surface area contributed by atoms with E-state index >= 15 is 0 Å². The van der Waals surface area contributed by atoms with Crippen LogP contribution in [-0.4, -0.2) is 5.91 Å². The molecule has 0 aromatic heterocycles. The Labute approximate surface area is 132 Å². The number of carbonyl (C=O) groups excluding carboxylic acids is 1. The Morgan fingerprint density at radius 1 is 1.29 bits per heavy atom. The van der Waals surface area contributed by atoms with Gasteiger partial charge >= 0.3 is 0 Å². The molecule has 0 spiro atoms. The van der Waals surface area contributed by atoms with E-state index in [-0.39, 0.29) is 12.3 Å². The molecular formula is C17H15BrN2O. The first-order valence-corrected chi connectivity index (χ1v) is 7.38. The molecule has 0 fully saturated rings. The molecule has 0 heterocycles. The highest BCUT2D eigenvalue weighted by Crippen LogP contribution is 2.18. The van der Waals surface area contributed by atoms with Gasteiger partial charge in [0.25, 0.3) is 0 Å². The number of hydrogen-bond donors (Lipinski definition) is 1. The highest BCUT2D eigenvalue weighted by atomic mass is 79.9. The smallest absolute Gasteiger partial charge is 0.225 e. The number of rotatable bonds is 4. The molecule has 0 saturated carbocycles. The normalized spacial score (nSPS) is 11.5. The van der Waals surface area contributed by atoms with Crippen LogP contribution in [-0.2, 0) is 11.2 Å². The van der Waals surface area contributed by atoms with Crippen LogP contribution in [0.2, 0.25) is 0 Å². The highest BCUT2D eigenvalue weighted by molar-refractivity contribution is 9.10. The maximum Gasteiger partial charge on any atom is 0.225 e. The minimum absolute atomic E-state index is 0.162. The molecule has 2 aromatic carbocycles. The maximum absolute atomic E-state index is 12.1. The van der Waals surface area contributed by atoms with Crippen molar-refractivity contribution < 1.29 is 4.79 Å². The van der Waals surface area contributed by atoms with Crippen molar-refractivity contribution in [2.24, 2.45) is 0 Å². The Morgan fingerprint density at radius 3 is 2.62 bits per heavy atom. The Hall–Kier alpha value is -2.12. The molecule has 1 amide bonds. The molecular weight excluding hydrogens is 328 g/mol. The fraction of sp³-hybridized carbons (Fsp3) is 0.176. The molecule has 3 nitrogen and oxygen atoms in total. The number of nitrogens with one attached hydrogen (secondary N) is 1. The molecule has 0 bridgehead atoms. The Balaban J connectivity index is 2.03. The van der Waals surface area contributed by atoms with Crippen LogP contribution < -0.4 is 5.32 Å². The minimum Gasteiger partial charge on any atom is -0.336 e. The van der Waals surface area contributed by atoms with E-state index in [0.717, 1.165) is 21.2 Å². The summed E-state index contributed by atoms with van der Waals surface area (Å²) in [5, 5.41) is 12.0. The number of halogens is 1.